The van der Waals surface area contributed by atoms with Gasteiger partial charge in [-0.2, -0.15) is 0 Å². The molecule has 2 nitrogen and oxygen atoms in total. The van der Waals surface area contributed by atoms with E-state index in [9.17, 15) is 0 Å². The SMILES string of the molecule is C1=CCCC(Nc2ccc(-c3cccc(N(c4ccccc4)c4ccccc4)c3)c3sc4ccccc4c23)=C1. The van der Waals surface area contributed by atoms with Gasteiger partial charge in [-0.05, 0) is 78.6 Å². The zero-order valence-corrected chi connectivity index (χ0v) is 22.4. The Bertz CT molecular complexity index is 1790. The average Bonchev–Trinajstić information content (AvgIpc) is 3.40. The zero-order valence-electron chi connectivity index (χ0n) is 21.5. The van der Waals surface area contributed by atoms with Crippen molar-refractivity contribution in [2.24, 2.45) is 0 Å². The topological polar surface area (TPSA) is 15.3 Å². The van der Waals surface area contributed by atoms with E-state index in [0.29, 0.717) is 0 Å². The monoisotopic (exact) mass is 520 g/mol. The molecule has 5 aromatic carbocycles. The second-order valence-corrected chi connectivity index (χ2v) is 10.9. The predicted octanol–water partition coefficient (Wildman–Crippen LogP) is 10.8. The van der Waals surface area contributed by atoms with Crippen LogP contribution in [0.1, 0.15) is 12.8 Å². The van der Waals surface area contributed by atoms with Crippen LogP contribution < -0.4 is 10.2 Å². The fourth-order valence-electron chi connectivity index (χ4n) is 5.45. The van der Waals surface area contributed by atoms with Crippen molar-refractivity contribution >= 4 is 54.3 Å². The summed E-state index contributed by atoms with van der Waals surface area (Å²) in [6.45, 7) is 0. The minimum Gasteiger partial charge on any atom is -0.358 e. The van der Waals surface area contributed by atoms with Crippen LogP contribution in [0.5, 0.6) is 0 Å². The lowest BCUT2D eigenvalue weighted by Gasteiger charge is -2.26. The molecule has 0 fully saturated rings. The smallest absolute Gasteiger partial charge is 0.0476 e. The highest BCUT2D eigenvalue weighted by atomic mass is 32.1. The van der Waals surface area contributed by atoms with Gasteiger partial charge in [-0.3, -0.25) is 0 Å². The van der Waals surface area contributed by atoms with Crippen LogP contribution in [0, 0.1) is 0 Å². The molecule has 0 spiro atoms. The molecule has 1 N–H and O–H groups in total. The van der Waals surface area contributed by atoms with Gasteiger partial charge in [0.25, 0.3) is 0 Å². The van der Waals surface area contributed by atoms with Gasteiger partial charge < -0.3 is 10.2 Å². The predicted molar refractivity (Wildman–Crippen MR) is 170 cm³/mol. The Morgan fingerprint density at radius 1 is 0.667 bits per heavy atom. The number of hydrogen-bond acceptors (Lipinski definition) is 3. The summed E-state index contributed by atoms with van der Waals surface area (Å²) >= 11 is 1.88. The number of hydrogen-bond donors (Lipinski definition) is 1. The Morgan fingerprint density at radius 2 is 1.38 bits per heavy atom. The van der Waals surface area contributed by atoms with E-state index in [1.807, 2.05) is 11.3 Å². The molecule has 6 aromatic rings. The highest BCUT2D eigenvalue weighted by Gasteiger charge is 2.17. The van der Waals surface area contributed by atoms with Crippen molar-refractivity contribution in [3.8, 4) is 11.1 Å². The second kappa shape index (κ2) is 10.3. The van der Waals surface area contributed by atoms with Gasteiger partial charge in [0.05, 0.1) is 0 Å². The molecule has 0 unspecified atom stereocenters. The maximum Gasteiger partial charge on any atom is 0.0476 e. The summed E-state index contributed by atoms with van der Waals surface area (Å²) < 4.78 is 2.63. The fraction of sp³-hybridized carbons (Fsp3) is 0.0556. The molecule has 39 heavy (non-hydrogen) atoms. The normalized spacial score (nSPS) is 13.0. The molecule has 0 bridgehead atoms. The molecular formula is C36H28N2S. The number of benzene rings is 5. The van der Waals surface area contributed by atoms with Gasteiger partial charge in [-0.25, -0.2) is 0 Å². The van der Waals surface area contributed by atoms with Gasteiger partial charge in [-0.1, -0.05) is 84.9 Å². The van der Waals surface area contributed by atoms with E-state index in [4.69, 9.17) is 0 Å². The lowest BCUT2D eigenvalue weighted by atomic mass is 10.00. The van der Waals surface area contributed by atoms with E-state index in [2.05, 4.69) is 150 Å². The average molecular weight is 521 g/mol. The third-order valence-electron chi connectivity index (χ3n) is 7.28. The number of rotatable bonds is 6. The Hall–Kier alpha value is -4.60. The third-order valence-corrected chi connectivity index (χ3v) is 8.48. The molecule has 1 aliphatic carbocycles. The molecule has 188 valence electrons. The third kappa shape index (κ3) is 4.52. The van der Waals surface area contributed by atoms with Gasteiger partial charge in [0.15, 0.2) is 0 Å². The molecule has 1 heterocycles. The molecule has 0 radical (unpaired) electrons. The van der Waals surface area contributed by atoms with Crippen molar-refractivity contribution in [1.29, 1.82) is 0 Å². The van der Waals surface area contributed by atoms with Crippen LogP contribution in [0.25, 0.3) is 31.3 Å². The van der Waals surface area contributed by atoms with Gasteiger partial charge in [-0.15, -0.1) is 11.3 Å². The van der Waals surface area contributed by atoms with Crippen LogP contribution in [0.2, 0.25) is 0 Å². The van der Waals surface area contributed by atoms with Crippen molar-refractivity contribution < 1.29 is 0 Å². The molecule has 0 atom stereocenters. The summed E-state index contributed by atoms with van der Waals surface area (Å²) in [4.78, 5) is 2.32. The number of nitrogens with one attached hydrogen (secondary N) is 1. The molecular weight excluding hydrogens is 492 g/mol. The van der Waals surface area contributed by atoms with Crippen molar-refractivity contribution in [3.05, 3.63) is 145 Å². The van der Waals surface area contributed by atoms with Crippen molar-refractivity contribution in [1.82, 2.24) is 0 Å². The van der Waals surface area contributed by atoms with Crippen LogP contribution in [0.3, 0.4) is 0 Å². The van der Waals surface area contributed by atoms with Crippen LogP contribution in [0.15, 0.2) is 145 Å². The maximum atomic E-state index is 3.76. The quantitative estimate of drug-likeness (QED) is 0.235. The van der Waals surface area contributed by atoms with Crippen LogP contribution in [-0.4, -0.2) is 0 Å². The van der Waals surface area contributed by atoms with Crippen molar-refractivity contribution in [2.45, 2.75) is 12.8 Å². The first kappa shape index (κ1) is 23.5. The molecule has 1 aliphatic rings. The van der Waals surface area contributed by atoms with Crippen molar-refractivity contribution in [3.63, 3.8) is 0 Å². The van der Waals surface area contributed by atoms with Gasteiger partial charge in [0.2, 0.25) is 0 Å². The summed E-state index contributed by atoms with van der Waals surface area (Å²) in [5.74, 6) is 0. The van der Waals surface area contributed by atoms with Crippen LogP contribution in [0.4, 0.5) is 22.7 Å². The molecule has 0 amide bonds. The minimum atomic E-state index is 1.04. The largest absolute Gasteiger partial charge is 0.358 e. The Labute approximate surface area is 233 Å². The Morgan fingerprint density at radius 3 is 2.13 bits per heavy atom. The standard InChI is InChI=1S/C36H28N2S/c1-4-14-27(15-5-1)37-33-24-23-31(36-35(33)32-21-10-11-22-34(32)39-36)26-13-12-20-30(25-26)38(28-16-6-2-7-17-28)29-18-8-3-9-19-29/h1-4,6-14,16-25,37H,5,15H2. The van der Waals surface area contributed by atoms with Crippen LogP contribution >= 0.6 is 11.3 Å². The second-order valence-electron chi connectivity index (χ2n) is 9.80. The van der Waals surface area contributed by atoms with Gasteiger partial charge >= 0.3 is 0 Å². The number of nitrogens with zero attached hydrogens (tertiary/aromatic N) is 1. The molecule has 0 saturated heterocycles. The Balaban J connectivity index is 1.39. The number of allylic oxidation sites excluding steroid dienone is 4. The highest BCUT2D eigenvalue weighted by molar-refractivity contribution is 7.26. The Kier molecular flexibility index (Phi) is 6.20. The van der Waals surface area contributed by atoms with E-state index in [0.717, 1.165) is 29.9 Å². The van der Waals surface area contributed by atoms with Crippen molar-refractivity contribution in [2.75, 3.05) is 10.2 Å². The highest BCUT2D eigenvalue weighted by Crippen LogP contribution is 2.45. The van der Waals surface area contributed by atoms with E-state index in [-0.39, 0.29) is 0 Å². The minimum absolute atomic E-state index is 1.04. The molecule has 0 aliphatic heterocycles. The molecule has 7 rings (SSSR count). The first-order valence-electron chi connectivity index (χ1n) is 13.4. The lowest BCUT2D eigenvalue weighted by Crippen LogP contribution is -2.09. The molecule has 0 saturated carbocycles. The summed E-state index contributed by atoms with van der Waals surface area (Å²) in [7, 11) is 0. The van der Waals surface area contributed by atoms with Gasteiger partial charge in [0.1, 0.15) is 0 Å². The zero-order chi connectivity index (χ0) is 26.0. The van der Waals surface area contributed by atoms with E-state index in [1.54, 1.807) is 0 Å². The van der Waals surface area contributed by atoms with E-state index in [1.165, 1.54) is 42.7 Å². The first-order valence-corrected chi connectivity index (χ1v) is 14.2. The lowest BCUT2D eigenvalue weighted by molar-refractivity contribution is 0.967. The fourth-order valence-corrected chi connectivity index (χ4v) is 6.72. The maximum absolute atomic E-state index is 3.76. The number of para-hydroxylation sites is 2. The molecule has 3 heteroatoms. The van der Waals surface area contributed by atoms with E-state index >= 15 is 0 Å². The summed E-state index contributed by atoms with van der Waals surface area (Å²) in [5.41, 5.74) is 8.35. The summed E-state index contributed by atoms with van der Waals surface area (Å²) in [6.07, 6.45) is 8.70. The summed E-state index contributed by atoms with van der Waals surface area (Å²) in [5, 5.41) is 6.37. The van der Waals surface area contributed by atoms with Crippen LogP contribution in [-0.2, 0) is 0 Å². The van der Waals surface area contributed by atoms with E-state index < -0.39 is 0 Å². The first-order chi connectivity index (χ1) is 19.3. The number of anilines is 4. The number of fused-ring (bicyclic) bond motifs is 3. The number of thiophene rings is 1. The summed E-state index contributed by atoms with van der Waals surface area (Å²) in [6, 6.07) is 43.4. The molecule has 1 aromatic heterocycles. The van der Waals surface area contributed by atoms with Gasteiger partial charge in [0, 0.05) is 48.6 Å².